The quantitative estimate of drug-likeness (QED) is 0.904. The van der Waals surface area contributed by atoms with Crippen LogP contribution in [0, 0.1) is 6.92 Å². The first-order chi connectivity index (χ1) is 11.9. The van der Waals surface area contributed by atoms with Crippen molar-refractivity contribution < 1.29 is 18.7 Å². The predicted molar refractivity (Wildman–Crippen MR) is 91.6 cm³/mol. The van der Waals surface area contributed by atoms with Crippen LogP contribution in [0.15, 0.2) is 24.3 Å². The summed E-state index contributed by atoms with van der Waals surface area (Å²) in [7, 11) is 0. The first-order valence-electron chi connectivity index (χ1n) is 8.96. The van der Waals surface area contributed by atoms with Crippen LogP contribution in [0.3, 0.4) is 0 Å². The number of piperidine rings is 1. The van der Waals surface area contributed by atoms with Gasteiger partial charge in [0.1, 0.15) is 0 Å². The Morgan fingerprint density at radius 3 is 2.60 bits per heavy atom. The fourth-order valence-corrected chi connectivity index (χ4v) is 4.05. The summed E-state index contributed by atoms with van der Waals surface area (Å²) < 4.78 is 27.3. The van der Waals surface area contributed by atoms with E-state index < -0.39 is 12.0 Å². The van der Waals surface area contributed by atoms with Crippen molar-refractivity contribution in [2.24, 2.45) is 0 Å². The minimum atomic E-state index is -2.72. The Kier molecular flexibility index (Phi) is 5.39. The maximum atomic E-state index is 13.7. The number of carbonyl (C=O) groups excluding carboxylic acids is 1. The minimum Gasteiger partial charge on any atom is -0.395 e. The molecule has 4 nitrogen and oxygen atoms in total. The topological polar surface area (TPSA) is 43.8 Å². The van der Waals surface area contributed by atoms with Gasteiger partial charge in [-0.05, 0) is 30.9 Å². The average Bonchev–Trinajstić information content (AvgIpc) is 2.92. The van der Waals surface area contributed by atoms with Crippen LogP contribution in [-0.2, 0) is 11.2 Å². The van der Waals surface area contributed by atoms with Gasteiger partial charge < -0.3 is 10.0 Å². The number of amides is 1. The number of alkyl halides is 2. The van der Waals surface area contributed by atoms with E-state index in [1.165, 1.54) is 0 Å². The van der Waals surface area contributed by atoms with Gasteiger partial charge in [0.15, 0.2) is 0 Å². The summed E-state index contributed by atoms with van der Waals surface area (Å²) in [6.07, 6.45) is 1.49. The lowest BCUT2D eigenvalue weighted by Gasteiger charge is -2.38. The molecular weight excluding hydrogens is 326 g/mol. The highest BCUT2D eigenvalue weighted by molar-refractivity contribution is 5.79. The molecule has 1 aromatic rings. The molecular formula is C19H26F2N2O2. The van der Waals surface area contributed by atoms with Crippen molar-refractivity contribution in [1.29, 1.82) is 0 Å². The van der Waals surface area contributed by atoms with Crippen molar-refractivity contribution in [3.8, 4) is 0 Å². The summed E-state index contributed by atoms with van der Waals surface area (Å²) in [5, 5.41) is 9.39. The zero-order valence-corrected chi connectivity index (χ0v) is 14.6. The Labute approximate surface area is 147 Å². The van der Waals surface area contributed by atoms with Gasteiger partial charge >= 0.3 is 0 Å². The number of hydrogen-bond donors (Lipinski definition) is 1. The van der Waals surface area contributed by atoms with Crippen LogP contribution in [0.1, 0.15) is 30.4 Å². The van der Waals surface area contributed by atoms with Crippen LogP contribution >= 0.6 is 0 Å². The molecule has 2 heterocycles. The normalized spacial score (nSPS) is 24.6. The van der Waals surface area contributed by atoms with Crippen LogP contribution in [0.25, 0.3) is 0 Å². The molecule has 3 rings (SSSR count). The third kappa shape index (κ3) is 4.18. The molecule has 0 bridgehead atoms. The van der Waals surface area contributed by atoms with Crippen LogP contribution in [0.5, 0.6) is 0 Å². The third-order valence-electron chi connectivity index (χ3n) is 5.52. The second kappa shape index (κ2) is 7.38. The van der Waals surface area contributed by atoms with E-state index in [1.807, 2.05) is 36.1 Å². The number of nitrogens with zero attached hydrogens (tertiary/aromatic N) is 2. The average molecular weight is 352 g/mol. The van der Waals surface area contributed by atoms with E-state index in [9.17, 15) is 18.7 Å². The van der Waals surface area contributed by atoms with E-state index in [0.29, 0.717) is 32.4 Å². The molecule has 0 aliphatic carbocycles. The molecule has 2 aliphatic heterocycles. The monoisotopic (exact) mass is 352 g/mol. The molecule has 0 saturated carbocycles. The maximum Gasteiger partial charge on any atom is 0.262 e. The Hall–Kier alpha value is -1.53. The highest BCUT2D eigenvalue weighted by atomic mass is 19.3. The summed E-state index contributed by atoms with van der Waals surface area (Å²) in [6.45, 7) is 2.67. The number of aryl methyl sites for hydroxylation is 1. The van der Waals surface area contributed by atoms with Gasteiger partial charge in [0, 0.05) is 31.6 Å². The molecule has 0 unspecified atom stereocenters. The lowest BCUT2D eigenvalue weighted by molar-refractivity contribution is -0.132. The highest BCUT2D eigenvalue weighted by Crippen LogP contribution is 2.35. The highest BCUT2D eigenvalue weighted by Gasteiger charge is 2.47. The lowest BCUT2D eigenvalue weighted by Crippen LogP contribution is -2.49. The fraction of sp³-hybridized carbons (Fsp3) is 0.632. The van der Waals surface area contributed by atoms with Crippen molar-refractivity contribution in [3.05, 3.63) is 35.4 Å². The van der Waals surface area contributed by atoms with E-state index in [0.717, 1.165) is 11.1 Å². The van der Waals surface area contributed by atoms with Crippen molar-refractivity contribution in [2.45, 2.75) is 50.6 Å². The number of rotatable bonds is 4. The number of likely N-dealkylation sites (tertiary alicyclic amines) is 2. The first-order valence-corrected chi connectivity index (χ1v) is 8.96. The van der Waals surface area contributed by atoms with Crippen molar-refractivity contribution in [1.82, 2.24) is 9.80 Å². The van der Waals surface area contributed by atoms with Gasteiger partial charge in [0.05, 0.1) is 19.6 Å². The number of benzene rings is 1. The molecule has 2 aliphatic rings. The number of carbonyl (C=O) groups is 1. The molecule has 1 aromatic carbocycles. The standard InChI is InChI=1S/C19H26F2N2O2/c1-14-4-2-3-5-15(14)10-18(25)22-8-6-16(7-9-22)23-13-19(20,21)11-17(23)12-24/h2-5,16-17,24H,6-13H2,1H3/t17-/m0/s1. The molecule has 0 spiro atoms. The van der Waals surface area contributed by atoms with Gasteiger partial charge in [0.25, 0.3) is 5.92 Å². The van der Waals surface area contributed by atoms with E-state index in [4.69, 9.17) is 0 Å². The molecule has 25 heavy (non-hydrogen) atoms. The Morgan fingerprint density at radius 1 is 1.28 bits per heavy atom. The lowest BCUT2D eigenvalue weighted by atomic mass is 10.0. The van der Waals surface area contributed by atoms with E-state index in [2.05, 4.69) is 0 Å². The van der Waals surface area contributed by atoms with Gasteiger partial charge in [-0.1, -0.05) is 24.3 Å². The summed E-state index contributed by atoms with van der Waals surface area (Å²) in [5.41, 5.74) is 2.14. The smallest absolute Gasteiger partial charge is 0.262 e. The molecule has 1 N–H and O–H groups in total. The van der Waals surface area contributed by atoms with Crippen LogP contribution in [0.4, 0.5) is 8.78 Å². The van der Waals surface area contributed by atoms with Crippen LogP contribution in [0.2, 0.25) is 0 Å². The molecule has 0 radical (unpaired) electrons. The molecule has 1 atom stereocenters. The zero-order chi connectivity index (χ0) is 18.0. The largest absolute Gasteiger partial charge is 0.395 e. The van der Waals surface area contributed by atoms with Crippen molar-refractivity contribution in [2.75, 3.05) is 26.2 Å². The Balaban J connectivity index is 1.55. The summed E-state index contributed by atoms with van der Waals surface area (Å²) in [5.74, 6) is -2.62. The molecule has 1 amide bonds. The van der Waals surface area contributed by atoms with Gasteiger partial charge in [-0.3, -0.25) is 9.69 Å². The van der Waals surface area contributed by atoms with Crippen LogP contribution < -0.4 is 0 Å². The molecule has 138 valence electrons. The maximum absolute atomic E-state index is 13.7. The van der Waals surface area contributed by atoms with E-state index in [-0.39, 0.29) is 31.5 Å². The van der Waals surface area contributed by atoms with Crippen molar-refractivity contribution >= 4 is 5.91 Å². The number of hydrogen-bond acceptors (Lipinski definition) is 3. The number of halogens is 2. The van der Waals surface area contributed by atoms with Gasteiger partial charge in [-0.2, -0.15) is 0 Å². The predicted octanol–water partition coefficient (Wildman–Crippen LogP) is 2.23. The Morgan fingerprint density at radius 2 is 1.96 bits per heavy atom. The van der Waals surface area contributed by atoms with Gasteiger partial charge in [-0.15, -0.1) is 0 Å². The first kappa shape index (κ1) is 18.3. The number of aliphatic hydroxyl groups is 1. The minimum absolute atomic E-state index is 0.0213. The van der Waals surface area contributed by atoms with Gasteiger partial charge in [0.2, 0.25) is 5.91 Å². The second-order valence-corrected chi connectivity index (χ2v) is 7.28. The van der Waals surface area contributed by atoms with Crippen LogP contribution in [-0.4, -0.2) is 65.1 Å². The SMILES string of the molecule is Cc1ccccc1CC(=O)N1CCC(N2CC(F)(F)C[C@H]2CO)CC1. The fourth-order valence-electron chi connectivity index (χ4n) is 4.05. The van der Waals surface area contributed by atoms with E-state index >= 15 is 0 Å². The molecule has 0 aromatic heterocycles. The third-order valence-corrected chi connectivity index (χ3v) is 5.52. The molecule has 2 fully saturated rings. The molecule has 6 heteroatoms. The second-order valence-electron chi connectivity index (χ2n) is 7.28. The summed E-state index contributed by atoms with van der Waals surface area (Å²) >= 11 is 0. The summed E-state index contributed by atoms with van der Waals surface area (Å²) in [6, 6.07) is 7.42. The van der Waals surface area contributed by atoms with Crippen molar-refractivity contribution in [3.63, 3.8) is 0 Å². The zero-order valence-electron chi connectivity index (χ0n) is 14.6. The van der Waals surface area contributed by atoms with Gasteiger partial charge in [-0.25, -0.2) is 8.78 Å². The Bertz CT molecular complexity index is 615. The number of aliphatic hydroxyl groups excluding tert-OH is 1. The summed E-state index contributed by atoms with van der Waals surface area (Å²) in [4.78, 5) is 16.1. The molecule has 2 saturated heterocycles. The van der Waals surface area contributed by atoms with E-state index in [1.54, 1.807) is 4.90 Å².